The lowest BCUT2D eigenvalue weighted by molar-refractivity contribution is 0.0740. The minimum absolute atomic E-state index is 0.360. The summed E-state index contributed by atoms with van der Waals surface area (Å²) in [6, 6.07) is 18.6. The molecule has 2 heterocycles. The Kier molecular flexibility index (Phi) is 4.49. The number of nitrogens with zero attached hydrogens (tertiary/aromatic N) is 2. The fraction of sp³-hybridized carbons (Fsp3) is 0.100. The Balaban J connectivity index is 1.65. The van der Waals surface area contributed by atoms with Gasteiger partial charge in [0, 0.05) is 10.4 Å². The number of aryl methyl sites for hydroxylation is 1. The fourth-order valence-electron chi connectivity index (χ4n) is 2.75. The maximum atomic E-state index is 12.5. The van der Waals surface area contributed by atoms with Crippen molar-refractivity contribution in [3.8, 4) is 5.75 Å². The Morgan fingerprint density at radius 3 is 2.65 bits per heavy atom. The van der Waals surface area contributed by atoms with E-state index in [9.17, 15) is 4.79 Å². The molecule has 0 saturated carbocycles. The maximum absolute atomic E-state index is 12.5. The van der Waals surface area contributed by atoms with Gasteiger partial charge in [0.05, 0.1) is 12.2 Å². The molecule has 0 fully saturated rings. The molecule has 0 aliphatic carbocycles. The monoisotopic (exact) mass is 382 g/mol. The van der Waals surface area contributed by atoms with E-state index in [0.717, 1.165) is 21.5 Å². The van der Waals surface area contributed by atoms with E-state index in [4.69, 9.17) is 16.3 Å². The number of fused-ring (bicyclic) bond motifs is 1. The first-order chi connectivity index (χ1) is 12.6. The molecule has 0 unspecified atom stereocenters. The van der Waals surface area contributed by atoms with Gasteiger partial charge >= 0.3 is 5.97 Å². The van der Waals surface area contributed by atoms with Crippen LogP contribution in [0.15, 0.2) is 60.7 Å². The molecule has 0 radical (unpaired) electrons. The van der Waals surface area contributed by atoms with Gasteiger partial charge in [-0.15, -0.1) is 11.3 Å². The van der Waals surface area contributed by atoms with Crippen LogP contribution in [0.4, 0.5) is 0 Å². The number of carbonyl (C=O) groups is 1. The molecule has 4 nitrogen and oxygen atoms in total. The molecule has 0 aliphatic heterocycles. The van der Waals surface area contributed by atoms with Crippen LogP contribution in [0.2, 0.25) is 5.02 Å². The van der Waals surface area contributed by atoms with E-state index in [2.05, 4.69) is 5.10 Å². The average Bonchev–Trinajstić information content (AvgIpc) is 3.20. The highest BCUT2D eigenvalue weighted by atomic mass is 35.5. The zero-order chi connectivity index (χ0) is 18.1. The minimum Gasteiger partial charge on any atom is -0.422 e. The molecule has 130 valence electrons. The van der Waals surface area contributed by atoms with Crippen LogP contribution in [0.1, 0.15) is 20.9 Å². The molecule has 0 aliphatic rings. The molecule has 0 spiro atoms. The number of halogens is 1. The average molecular weight is 383 g/mol. The topological polar surface area (TPSA) is 44.1 Å². The summed E-state index contributed by atoms with van der Waals surface area (Å²) in [5.74, 6) is 0.172. The van der Waals surface area contributed by atoms with Crippen molar-refractivity contribution in [1.82, 2.24) is 9.78 Å². The van der Waals surface area contributed by atoms with Crippen LogP contribution in [-0.4, -0.2) is 15.7 Å². The standard InChI is InChI=1S/C20H15ClN2O2S/c1-13-16-11-18(20(24)25-15-8-3-2-4-9-15)26-19(16)23(22-13)12-14-7-5-6-10-17(14)21/h2-11H,12H2,1H3. The molecule has 0 bridgehead atoms. The molecule has 0 atom stereocenters. The summed E-state index contributed by atoms with van der Waals surface area (Å²) in [4.78, 5) is 13.9. The first-order valence-electron chi connectivity index (χ1n) is 8.09. The second kappa shape index (κ2) is 6.94. The molecular weight excluding hydrogens is 368 g/mol. The lowest BCUT2D eigenvalue weighted by atomic mass is 10.2. The Labute approximate surface area is 159 Å². The lowest BCUT2D eigenvalue weighted by Crippen LogP contribution is -2.06. The van der Waals surface area contributed by atoms with Crippen molar-refractivity contribution >= 4 is 39.1 Å². The zero-order valence-corrected chi connectivity index (χ0v) is 15.6. The van der Waals surface area contributed by atoms with E-state index in [1.54, 1.807) is 12.1 Å². The van der Waals surface area contributed by atoms with Gasteiger partial charge in [0.25, 0.3) is 0 Å². The van der Waals surface area contributed by atoms with Crippen LogP contribution in [0, 0.1) is 6.92 Å². The number of carbonyl (C=O) groups excluding carboxylic acids is 1. The van der Waals surface area contributed by atoms with Gasteiger partial charge in [-0.25, -0.2) is 4.79 Å². The number of hydrogen-bond acceptors (Lipinski definition) is 4. The smallest absolute Gasteiger partial charge is 0.353 e. The number of thiophene rings is 1. The Morgan fingerprint density at radius 2 is 1.88 bits per heavy atom. The maximum Gasteiger partial charge on any atom is 0.353 e. The largest absolute Gasteiger partial charge is 0.422 e. The molecule has 0 saturated heterocycles. The SMILES string of the molecule is Cc1nn(Cc2ccccc2Cl)c2sc(C(=O)Oc3ccccc3)cc12. The van der Waals surface area contributed by atoms with Crippen molar-refractivity contribution in [2.24, 2.45) is 0 Å². The summed E-state index contributed by atoms with van der Waals surface area (Å²) in [5.41, 5.74) is 1.86. The van der Waals surface area contributed by atoms with Crippen LogP contribution >= 0.6 is 22.9 Å². The number of rotatable bonds is 4. The van der Waals surface area contributed by atoms with Crippen LogP contribution in [-0.2, 0) is 6.54 Å². The predicted octanol–water partition coefficient (Wildman–Crippen LogP) is 5.33. The minimum atomic E-state index is -0.360. The van der Waals surface area contributed by atoms with Crippen LogP contribution in [0.5, 0.6) is 5.75 Å². The molecule has 2 aromatic heterocycles. The molecule has 2 aromatic carbocycles. The van der Waals surface area contributed by atoms with Crippen molar-refractivity contribution < 1.29 is 9.53 Å². The normalized spacial score (nSPS) is 11.0. The van der Waals surface area contributed by atoms with Crippen LogP contribution in [0.3, 0.4) is 0 Å². The number of para-hydroxylation sites is 1. The molecule has 4 rings (SSSR count). The molecular formula is C20H15ClN2O2S. The number of aromatic nitrogens is 2. The van der Waals surface area contributed by atoms with Gasteiger partial charge in [0.15, 0.2) is 0 Å². The third-order valence-electron chi connectivity index (χ3n) is 4.04. The molecule has 6 heteroatoms. The number of ether oxygens (including phenoxy) is 1. The van der Waals surface area contributed by atoms with E-state index in [1.165, 1.54) is 11.3 Å². The molecule has 4 aromatic rings. The Bertz CT molecular complexity index is 1090. The number of hydrogen-bond donors (Lipinski definition) is 0. The summed E-state index contributed by atoms with van der Waals surface area (Å²) in [7, 11) is 0. The van der Waals surface area contributed by atoms with Crippen LogP contribution in [0.25, 0.3) is 10.2 Å². The van der Waals surface area contributed by atoms with Crippen molar-refractivity contribution in [3.05, 3.63) is 81.8 Å². The van der Waals surface area contributed by atoms with Crippen molar-refractivity contribution in [3.63, 3.8) is 0 Å². The molecule has 0 amide bonds. The highest BCUT2D eigenvalue weighted by Gasteiger charge is 2.18. The third kappa shape index (κ3) is 3.23. The van der Waals surface area contributed by atoms with Crippen molar-refractivity contribution in [2.75, 3.05) is 0 Å². The first kappa shape index (κ1) is 16.8. The van der Waals surface area contributed by atoms with Gasteiger partial charge in [0.2, 0.25) is 0 Å². The molecule has 26 heavy (non-hydrogen) atoms. The summed E-state index contributed by atoms with van der Waals surface area (Å²) in [6.45, 7) is 2.49. The van der Waals surface area contributed by atoms with E-state index in [0.29, 0.717) is 22.2 Å². The van der Waals surface area contributed by atoms with Gasteiger partial charge in [-0.3, -0.25) is 4.68 Å². The number of esters is 1. The predicted molar refractivity (Wildman–Crippen MR) is 104 cm³/mol. The van der Waals surface area contributed by atoms with Gasteiger partial charge in [-0.2, -0.15) is 5.10 Å². The highest BCUT2D eigenvalue weighted by molar-refractivity contribution is 7.20. The summed E-state index contributed by atoms with van der Waals surface area (Å²) < 4.78 is 7.32. The summed E-state index contributed by atoms with van der Waals surface area (Å²) in [5, 5.41) is 6.25. The van der Waals surface area contributed by atoms with E-state index < -0.39 is 0 Å². The molecule has 0 N–H and O–H groups in total. The van der Waals surface area contributed by atoms with Gasteiger partial charge in [-0.05, 0) is 36.8 Å². The third-order valence-corrected chi connectivity index (χ3v) is 5.54. The van der Waals surface area contributed by atoms with E-state index >= 15 is 0 Å². The second-order valence-electron chi connectivity index (χ2n) is 5.87. The lowest BCUT2D eigenvalue weighted by Gasteiger charge is -2.05. The summed E-state index contributed by atoms with van der Waals surface area (Å²) in [6.07, 6.45) is 0. The second-order valence-corrected chi connectivity index (χ2v) is 7.30. The van der Waals surface area contributed by atoms with E-state index in [-0.39, 0.29) is 5.97 Å². The fourth-order valence-corrected chi connectivity index (χ4v) is 3.99. The highest BCUT2D eigenvalue weighted by Crippen LogP contribution is 2.30. The van der Waals surface area contributed by atoms with E-state index in [1.807, 2.05) is 60.1 Å². The van der Waals surface area contributed by atoms with Gasteiger partial charge in [-0.1, -0.05) is 48.0 Å². The van der Waals surface area contributed by atoms with Crippen molar-refractivity contribution in [2.45, 2.75) is 13.5 Å². The Morgan fingerprint density at radius 1 is 1.15 bits per heavy atom. The van der Waals surface area contributed by atoms with Crippen molar-refractivity contribution in [1.29, 1.82) is 0 Å². The number of benzene rings is 2. The van der Waals surface area contributed by atoms with Crippen LogP contribution < -0.4 is 4.74 Å². The zero-order valence-electron chi connectivity index (χ0n) is 14.0. The van der Waals surface area contributed by atoms with Gasteiger partial charge < -0.3 is 4.74 Å². The quantitative estimate of drug-likeness (QED) is 0.354. The van der Waals surface area contributed by atoms with Gasteiger partial charge in [0.1, 0.15) is 15.5 Å². The summed E-state index contributed by atoms with van der Waals surface area (Å²) >= 11 is 7.65. The first-order valence-corrected chi connectivity index (χ1v) is 9.29. The Hall–Kier alpha value is -2.63.